The van der Waals surface area contributed by atoms with Gasteiger partial charge in [-0.3, -0.25) is 0 Å². The highest BCUT2D eigenvalue weighted by atomic mass is 16.1. The average Bonchev–Trinajstić information content (AvgIpc) is 3.35. The number of hydrogen-bond acceptors (Lipinski definition) is 2. The van der Waals surface area contributed by atoms with E-state index in [1.807, 2.05) is 0 Å². The molecule has 0 saturated carbocycles. The molecule has 2 heterocycles. The summed E-state index contributed by atoms with van der Waals surface area (Å²) in [6, 6.07) is 18.2. The minimum Gasteiger partial charge on any atom is -0.344 e. The van der Waals surface area contributed by atoms with Crippen molar-refractivity contribution in [2.45, 2.75) is 104 Å². The Hall–Kier alpha value is -3.46. The predicted octanol–water partition coefficient (Wildman–Crippen LogP) is 9.50. The third kappa shape index (κ3) is 5.09. The van der Waals surface area contributed by atoms with Gasteiger partial charge in [-0.2, -0.15) is 4.58 Å². The minimum atomic E-state index is -0.0924. The molecule has 0 bridgehead atoms. The number of anilines is 1. The average molecular weight is 574 g/mol. The lowest BCUT2D eigenvalue weighted by atomic mass is 9.75. The Balaban J connectivity index is 1.38. The molecule has 0 aromatic heterocycles. The number of nitrogens with zero attached hydrogens (tertiary/aromatic N) is 2. The van der Waals surface area contributed by atoms with Crippen LogP contribution in [0.25, 0.3) is 10.8 Å². The summed E-state index contributed by atoms with van der Waals surface area (Å²) in [5.74, 6) is 0.300. The summed E-state index contributed by atoms with van der Waals surface area (Å²) in [5.41, 5.74) is 11.5. The molecule has 0 saturated heterocycles. The lowest BCUT2D eigenvalue weighted by Crippen LogP contribution is -2.29. The third-order valence-corrected chi connectivity index (χ3v) is 10.3. The van der Waals surface area contributed by atoms with Crippen LogP contribution in [-0.4, -0.2) is 29.2 Å². The van der Waals surface area contributed by atoms with E-state index in [0.29, 0.717) is 12.2 Å². The van der Waals surface area contributed by atoms with E-state index in [9.17, 15) is 4.79 Å². The first-order valence-corrected chi connectivity index (χ1v) is 16.6. The van der Waals surface area contributed by atoms with Gasteiger partial charge < -0.3 is 9.69 Å². The molecule has 1 aliphatic carbocycles. The van der Waals surface area contributed by atoms with Gasteiger partial charge >= 0.3 is 0 Å². The summed E-state index contributed by atoms with van der Waals surface area (Å²) >= 11 is 0. The second-order valence-electron chi connectivity index (χ2n) is 13.9. The van der Waals surface area contributed by atoms with Gasteiger partial charge in [-0.05, 0) is 106 Å². The van der Waals surface area contributed by atoms with Crippen molar-refractivity contribution in [3.05, 3.63) is 94.7 Å². The normalized spacial score (nSPS) is 19.4. The maximum atomic E-state index is 11.5. The molecular formula is C40H49N2O+. The fourth-order valence-electron chi connectivity index (χ4n) is 8.30. The maximum Gasteiger partial charge on any atom is 0.210 e. The van der Waals surface area contributed by atoms with Gasteiger partial charge in [-0.1, -0.05) is 56.3 Å². The zero-order chi connectivity index (χ0) is 30.4. The molecule has 3 heteroatoms. The molecule has 0 N–H and O–H groups in total. The number of hydrogen-bond donors (Lipinski definition) is 0. The summed E-state index contributed by atoms with van der Waals surface area (Å²) in [7, 11) is 0. The number of allylic oxidation sites excluding steroid dienone is 4. The Morgan fingerprint density at radius 1 is 0.907 bits per heavy atom. The van der Waals surface area contributed by atoms with E-state index < -0.39 is 0 Å². The highest BCUT2D eigenvalue weighted by Gasteiger charge is 2.46. The van der Waals surface area contributed by atoms with Crippen molar-refractivity contribution >= 4 is 33.6 Å². The molecule has 0 spiro atoms. The van der Waals surface area contributed by atoms with E-state index in [-0.39, 0.29) is 10.8 Å². The van der Waals surface area contributed by atoms with E-state index in [4.69, 9.17) is 0 Å². The van der Waals surface area contributed by atoms with Crippen LogP contribution in [0.4, 0.5) is 11.4 Å². The molecule has 3 aliphatic rings. The smallest absolute Gasteiger partial charge is 0.210 e. The molecule has 3 aromatic carbocycles. The molecule has 0 radical (unpaired) electrons. The molecule has 224 valence electrons. The number of ketones is 1. The van der Waals surface area contributed by atoms with E-state index in [2.05, 4.69) is 111 Å². The van der Waals surface area contributed by atoms with Gasteiger partial charge in [-0.15, -0.1) is 0 Å². The van der Waals surface area contributed by atoms with Crippen molar-refractivity contribution in [2.75, 3.05) is 18.0 Å². The van der Waals surface area contributed by atoms with Gasteiger partial charge in [0.15, 0.2) is 5.71 Å². The molecule has 3 aromatic rings. The molecular weight excluding hydrogens is 524 g/mol. The van der Waals surface area contributed by atoms with Crippen molar-refractivity contribution in [3.63, 3.8) is 0 Å². The number of rotatable bonds is 9. The van der Waals surface area contributed by atoms with Crippen molar-refractivity contribution in [1.29, 1.82) is 0 Å². The van der Waals surface area contributed by atoms with Crippen LogP contribution < -0.4 is 4.90 Å². The summed E-state index contributed by atoms with van der Waals surface area (Å²) < 4.78 is 2.60. The standard InChI is InChI=1S/C40H49N2O/c1-7-41-33-25-23-29-17-10-12-19-31(29)37(33)39(3,4)35(41)21-15-22-36-40(5,6)38-32-20-13-11-18-30(32)24-26-34(38)42(36)27-14-8-9-16-28(2)43/h10,12,15,17,19,21-26H,7-9,11,13-14,16,18,20,27H2,1-6H3/q+1. The van der Waals surface area contributed by atoms with Gasteiger partial charge in [0.25, 0.3) is 0 Å². The summed E-state index contributed by atoms with van der Waals surface area (Å²) in [4.78, 5) is 14.0. The predicted molar refractivity (Wildman–Crippen MR) is 182 cm³/mol. The van der Waals surface area contributed by atoms with E-state index in [1.165, 1.54) is 64.8 Å². The Kier molecular flexibility index (Phi) is 7.96. The Labute approximate surface area is 259 Å². The van der Waals surface area contributed by atoms with Crippen molar-refractivity contribution in [2.24, 2.45) is 0 Å². The van der Waals surface area contributed by atoms with Gasteiger partial charge in [0.2, 0.25) is 5.69 Å². The molecule has 0 unspecified atom stereocenters. The number of carbonyl (C=O) groups is 1. The largest absolute Gasteiger partial charge is 0.344 e. The molecule has 6 rings (SSSR count). The molecule has 0 atom stereocenters. The highest BCUT2D eigenvalue weighted by Crippen LogP contribution is 2.51. The maximum absolute atomic E-state index is 11.5. The number of Topliss-reactive ketones (excluding diaryl/α,β-unsaturated/α-hetero) is 1. The number of benzene rings is 3. The first kappa shape index (κ1) is 29.6. The summed E-state index contributed by atoms with van der Waals surface area (Å²) in [6.45, 7) is 15.5. The number of carbonyl (C=O) groups excluding carboxylic acids is 1. The lowest BCUT2D eigenvalue weighted by Gasteiger charge is -2.26. The number of unbranched alkanes of at least 4 members (excludes halogenated alkanes) is 2. The summed E-state index contributed by atoms with van der Waals surface area (Å²) in [6.07, 6.45) is 16.0. The molecule has 3 nitrogen and oxygen atoms in total. The minimum absolute atomic E-state index is 0.0544. The SMILES string of the molecule is CCN1/C(=C\C=C\C2=[N+](CCCCCC(C)=O)c3ccc4c(c3C2(C)C)CCCC4)C(C)(C)c2c1ccc1ccccc21. The van der Waals surface area contributed by atoms with Crippen LogP contribution in [0.15, 0.2) is 72.5 Å². The van der Waals surface area contributed by atoms with Crippen LogP contribution in [0.1, 0.15) is 102 Å². The van der Waals surface area contributed by atoms with E-state index in [1.54, 1.807) is 23.6 Å². The van der Waals surface area contributed by atoms with Crippen molar-refractivity contribution < 1.29 is 9.37 Å². The van der Waals surface area contributed by atoms with Gasteiger partial charge in [0.05, 0.1) is 5.41 Å². The fraction of sp³-hybridized carbons (Fsp3) is 0.450. The first-order chi connectivity index (χ1) is 20.7. The Bertz CT molecular complexity index is 1670. The Morgan fingerprint density at radius 2 is 1.70 bits per heavy atom. The number of aryl methyl sites for hydroxylation is 1. The van der Waals surface area contributed by atoms with E-state index >= 15 is 0 Å². The Morgan fingerprint density at radius 3 is 2.49 bits per heavy atom. The topological polar surface area (TPSA) is 23.3 Å². The van der Waals surface area contributed by atoms with Crippen LogP contribution in [0.5, 0.6) is 0 Å². The van der Waals surface area contributed by atoms with Crippen LogP contribution >= 0.6 is 0 Å². The molecule has 0 fully saturated rings. The molecule has 43 heavy (non-hydrogen) atoms. The van der Waals surface area contributed by atoms with Crippen LogP contribution in [0.3, 0.4) is 0 Å². The van der Waals surface area contributed by atoms with Gasteiger partial charge in [0, 0.05) is 53.9 Å². The number of fused-ring (bicyclic) bond motifs is 6. The van der Waals surface area contributed by atoms with Gasteiger partial charge in [0.1, 0.15) is 12.3 Å². The molecule has 2 aliphatic heterocycles. The zero-order valence-electron chi connectivity index (χ0n) is 27.2. The van der Waals surface area contributed by atoms with Crippen molar-refractivity contribution in [1.82, 2.24) is 0 Å². The monoisotopic (exact) mass is 573 g/mol. The first-order valence-electron chi connectivity index (χ1n) is 16.6. The highest BCUT2D eigenvalue weighted by molar-refractivity contribution is 6.04. The third-order valence-electron chi connectivity index (χ3n) is 10.3. The lowest BCUT2D eigenvalue weighted by molar-refractivity contribution is -0.438. The van der Waals surface area contributed by atoms with E-state index in [0.717, 1.165) is 32.4 Å². The van der Waals surface area contributed by atoms with Crippen LogP contribution in [0, 0.1) is 0 Å². The number of likely N-dealkylation sites (N-methyl/N-ethyl adjacent to an activating group) is 1. The van der Waals surface area contributed by atoms with Crippen LogP contribution in [-0.2, 0) is 28.5 Å². The zero-order valence-corrected chi connectivity index (χ0v) is 27.2. The molecule has 0 amide bonds. The fourth-order valence-corrected chi connectivity index (χ4v) is 8.30. The second-order valence-corrected chi connectivity index (χ2v) is 13.9. The van der Waals surface area contributed by atoms with Crippen molar-refractivity contribution in [3.8, 4) is 0 Å². The quantitative estimate of drug-likeness (QED) is 0.188. The van der Waals surface area contributed by atoms with Gasteiger partial charge in [-0.25, -0.2) is 0 Å². The second kappa shape index (κ2) is 11.6. The summed E-state index contributed by atoms with van der Waals surface area (Å²) in [5, 5.41) is 2.67. The van der Waals surface area contributed by atoms with Crippen LogP contribution in [0.2, 0.25) is 0 Å².